The van der Waals surface area contributed by atoms with Crippen LogP contribution in [0.25, 0.3) is 0 Å². The molecule has 0 saturated heterocycles. The molecular weight excluding hydrogens is 264 g/mol. The highest BCUT2D eigenvalue weighted by molar-refractivity contribution is 6.00. The van der Waals surface area contributed by atoms with E-state index in [0.717, 1.165) is 24.0 Å². The first-order valence-corrected chi connectivity index (χ1v) is 7.20. The van der Waals surface area contributed by atoms with Gasteiger partial charge in [-0.05, 0) is 43.0 Å². The van der Waals surface area contributed by atoms with Gasteiger partial charge in [-0.1, -0.05) is 18.2 Å². The lowest BCUT2D eigenvalue weighted by atomic mass is 9.96. The Kier molecular flexibility index (Phi) is 3.60. The fourth-order valence-electron chi connectivity index (χ4n) is 2.86. The summed E-state index contributed by atoms with van der Waals surface area (Å²) in [7, 11) is 0. The Bertz CT molecular complexity index is 655. The molecule has 1 aromatic heterocycles. The Morgan fingerprint density at radius 3 is 2.95 bits per heavy atom. The maximum Gasteiger partial charge on any atom is 0.234 e. The van der Waals surface area contributed by atoms with Gasteiger partial charge in [0.15, 0.2) is 0 Å². The zero-order chi connectivity index (χ0) is 14.8. The average Bonchev–Trinajstić information content (AvgIpc) is 2.54. The van der Waals surface area contributed by atoms with E-state index in [1.807, 2.05) is 31.2 Å². The number of hydrogen-bond donors (Lipinski definition) is 1. The van der Waals surface area contributed by atoms with Crippen LogP contribution in [0.3, 0.4) is 0 Å². The number of hydrogen-bond acceptors (Lipinski definition) is 3. The van der Waals surface area contributed by atoms with Crippen molar-refractivity contribution in [1.82, 2.24) is 4.98 Å². The predicted molar refractivity (Wildman–Crippen MR) is 81.4 cm³/mol. The number of carbonyl (C=O) groups excluding carboxylic acids is 1. The van der Waals surface area contributed by atoms with Crippen molar-refractivity contribution in [2.24, 2.45) is 0 Å². The van der Waals surface area contributed by atoms with Gasteiger partial charge in [0.2, 0.25) is 5.91 Å². The van der Waals surface area contributed by atoms with Gasteiger partial charge in [-0.2, -0.15) is 0 Å². The van der Waals surface area contributed by atoms with Crippen LogP contribution in [0.15, 0.2) is 42.7 Å². The van der Waals surface area contributed by atoms with Gasteiger partial charge in [-0.15, -0.1) is 0 Å². The number of aromatic nitrogens is 1. The minimum Gasteiger partial charge on any atom is -0.506 e. The van der Waals surface area contributed by atoms with Gasteiger partial charge in [-0.3, -0.25) is 9.78 Å². The topological polar surface area (TPSA) is 53.4 Å². The van der Waals surface area contributed by atoms with Gasteiger partial charge in [-0.25, -0.2) is 0 Å². The molecule has 3 rings (SSSR count). The normalized spacial score (nSPS) is 15.4. The fraction of sp³-hybridized carbons (Fsp3) is 0.294. The standard InChI is InChI=1S/C17H18N2O2/c1-12(14-6-3-9-18-11-14)17(21)19-10-4-7-13-5-2-8-15(20)16(13)19/h2-3,5-6,8-9,11-12,20H,4,7,10H2,1H3/t12-/m1/s1. The summed E-state index contributed by atoms with van der Waals surface area (Å²) >= 11 is 0. The number of phenolic OH excluding ortho intramolecular Hbond substituents is 1. The first-order valence-electron chi connectivity index (χ1n) is 7.20. The minimum atomic E-state index is -0.274. The SMILES string of the molecule is C[C@@H](C(=O)N1CCCc2cccc(O)c21)c1cccnc1. The highest BCUT2D eigenvalue weighted by Gasteiger charge is 2.29. The molecule has 108 valence electrons. The monoisotopic (exact) mass is 282 g/mol. The lowest BCUT2D eigenvalue weighted by Crippen LogP contribution is -2.38. The molecule has 4 nitrogen and oxygen atoms in total. The molecule has 1 atom stereocenters. The first-order chi connectivity index (χ1) is 10.2. The van der Waals surface area contributed by atoms with E-state index in [-0.39, 0.29) is 17.6 Å². The summed E-state index contributed by atoms with van der Waals surface area (Å²) in [5.74, 6) is -0.0892. The Balaban J connectivity index is 1.94. The van der Waals surface area contributed by atoms with Gasteiger partial charge in [0.05, 0.1) is 11.6 Å². The summed E-state index contributed by atoms with van der Waals surface area (Å²) in [5.41, 5.74) is 2.60. The Hall–Kier alpha value is -2.36. The molecule has 0 unspecified atom stereocenters. The van der Waals surface area contributed by atoms with E-state index < -0.39 is 0 Å². The summed E-state index contributed by atoms with van der Waals surface area (Å²) in [4.78, 5) is 18.6. The van der Waals surface area contributed by atoms with Crippen LogP contribution in [-0.2, 0) is 11.2 Å². The highest BCUT2D eigenvalue weighted by Crippen LogP contribution is 2.37. The van der Waals surface area contributed by atoms with Crippen molar-refractivity contribution in [3.63, 3.8) is 0 Å². The molecule has 1 aliphatic rings. The van der Waals surface area contributed by atoms with Crippen LogP contribution in [0.4, 0.5) is 5.69 Å². The number of nitrogens with zero attached hydrogens (tertiary/aromatic N) is 2. The number of rotatable bonds is 2. The number of fused-ring (bicyclic) bond motifs is 1. The number of pyridine rings is 1. The Morgan fingerprint density at radius 1 is 1.33 bits per heavy atom. The van der Waals surface area contributed by atoms with E-state index in [1.54, 1.807) is 23.4 Å². The molecule has 0 aliphatic carbocycles. The number of anilines is 1. The van der Waals surface area contributed by atoms with Gasteiger partial charge >= 0.3 is 0 Å². The van der Waals surface area contributed by atoms with Gasteiger partial charge in [0.1, 0.15) is 5.75 Å². The van der Waals surface area contributed by atoms with E-state index >= 15 is 0 Å². The van der Waals surface area contributed by atoms with E-state index in [9.17, 15) is 9.90 Å². The highest BCUT2D eigenvalue weighted by atomic mass is 16.3. The Morgan fingerprint density at radius 2 is 2.19 bits per heavy atom. The van der Waals surface area contributed by atoms with Crippen molar-refractivity contribution < 1.29 is 9.90 Å². The number of carbonyl (C=O) groups is 1. The minimum absolute atomic E-state index is 0.00505. The first kappa shape index (κ1) is 13.6. The molecule has 1 N–H and O–H groups in total. The lowest BCUT2D eigenvalue weighted by Gasteiger charge is -2.32. The Labute approximate surface area is 124 Å². The van der Waals surface area contributed by atoms with Crippen molar-refractivity contribution in [2.45, 2.75) is 25.7 Å². The molecule has 0 fully saturated rings. The third-order valence-electron chi connectivity index (χ3n) is 4.02. The van der Waals surface area contributed by atoms with Crippen molar-refractivity contribution in [3.8, 4) is 5.75 Å². The molecular formula is C17H18N2O2. The van der Waals surface area contributed by atoms with Crippen molar-refractivity contribution in [2.75, 3.05) is 11.4 Å². The molecule has 4 heteroatoms. The molecule has 0 spiro atoms. The number of para-hydroxylation sites is 1. The maximum absolute atomic E-state index is 12.8. The van der Waals surface area contributed by atoms with Crippen molar-refractivity contribution in [1.29, 1.82) is 0 Å². The summed E-state index contributed by atoms with van der Waals surface area (Å²) in [6, 6.07) is 9.18. The lowest BCUT2D eigenvalue weighted by molar-refractivity contribution is -0.119. The molecule has 21 heavy (non-hydrogen) atoms. The summed E-state index contributed by atoms with van der Waals surface area (Å²) in [5, 5.41) is 10.1. The molecule has 0 bridgehead atoms. The largest absolute Gasteiger partial charge is 0.506 e. The smallest absolute Gasteiger partial charge is 0.234 e. The predicted octanol–water partition coefficient (Wildman–Crippen LogP) is 2.87. The number of aromatic hydroxyl groups is 1. The molecule has 2 heterocycles. The summed E-state index contributed by atoms with van der Waals surface area (Å²) in [6.07, 6.45) is 5.23. The second kappa shape index (κ2) is 5.56. The van der Waals surface area contributed by atoms with E-state index in [4.69, 9.17) is 0 Å². The fourth-order valence-corrected chi connectivity index (χ4v) is 2.86. The second-order valence-corrected chi connectivity index (χ2v) is 5.39. The van der Waals surface area contributed by atoms with Crippen LogP contribution in [0, 0.1) is 0 Å². The summed E-state index contributed by atoms with van der Waals surface area (Å²) < 4.78 is 0. The molecule has 2 aromatic rings. The van der Waals surface area contributed by atoms with Crippen LogP contribution < -0.4 is 4.90 Å². The average molecular weight is 282 g/mol. The third-order valence-corrected chi connectivity index (χ3v) is 4.02. The molecule has 1 aromatic carbocycles. The van der Waals surface area contributed by atoms with Crippen molar-refractivity contribution >= 4 is 11.6 Å². The van der Waals surface area contributed by atoms with Gasteiger partial charge in [0.25, 0.3) is 0 Å². The van der Waals surface area contributed by atoms with Crippen LogP contribution in [0.5, 0.6) is 5.75 Å². The zero-order valence-corrected chi connectivity index (χ0v) is 12.0. The van der Waals surface area contributed by atoms with E-state index in [2.05, 4.69) is 4.98 Å². The van der Waals surface area contributed by atoms with Crippen LogP contribution in [-0.4, -0.2) is 22.5 Å². The van der Waals surface area contributed by atoms with Crippen LogP contribution in [0.1, 0.15) is 30.4 Å². The maximum atomic E-state index is 12.8. The molecule has 0 radical (unpaired) electrons. The molecule has 1 amide bonds. The molecule has 0 saturated carbocycles. The van der Waals surface area contributed by atoms with Crippen LogP contribution in [0.2, 0.25) is 0 Å². The van der Waals surface area contributed by atoms with Crippen LogP contribution >= 0.6 is 0 Å². The quantitative estimate of drug-likeness (QED) is 0.921. The number of aryl methyl sites for hydroxylation is 1. The summed E-state index contributed by atoms with van der Waals surface area (Å²) in [6.45, 7) is 2.53. The number of amides is 1. The zero-order valence-electron chi connectivity index (χ0n) is 12.0. The molecule has 1 aliphatic heterocycles. The van der Waals surface area contributed by atoms with Gasteiger partial charge in [0, 0.05) is 18.9 Å². The third kappa shape index (κ3) is 2.49. The second-order valence-electron chi connectivity index (χ2n) is 5.39. The van der Waals surface area contributed by atoms with E-state index in [1.165, 1.54) is 0 Å². The number of benzene rings is 1. The van der Waals surface area contributed by atoms with Crippen molar-refractivity contribution in [3.05, 3.63) is 53.9 Å². The van der Waals surface area contributed by atoms with Gasteiger partial charge < -0.3 is 10.0 Å². The van der Waals surface area contributed by atoms with E-state index in [0.29, 0.717) is 12.2 Å². The number of phenols is 1.